The predicted molar refractivity (Wildman–Crippen MR) is 60.8 cm³/mol. The lowest BCUT2D eigenvalue weighted by Gasteiger charge is -2.07. The molecule has 1 heterocycles. The monoisotopic (exact) mass is 258 g/mol. The minimum Gasteiger partial charge on any atom is -0.273 e. The molecule has 0 saturated heterocycles. The van der Waals surface area contributed by atoms with E-state index in [2.05, 4.69) is 5.10 Å². The molecule has 0 atom stereocenters. The van der Waals surface area contributed by atoms with Crippen LogP contribution in [0, 0.1) is 0 Å². The lowest BCUT2D eigenvalue weighted by Crippen LogP contribution is -2.07. The molecule has 0 fully saturated rings. The molecule has 1 aromatic heterocycles. The van der Waals surface area contributed by atoms with E-state index in [0.29, 0.717) is 5.56 Å². The van der Waals surface area contributed by atoms with Crippen molar-refractivity contribution in [2.45, 2.75) is 11.1 Å². The molecule has 0 aliphatic carbocycles. The maximum absolute atomic E-state index is 12.6. The van der Waals surface area contributed by atoms with Gasteiger partial charge < -0.3 is 0 Å². The van der Waals surface area contributed by atoms with E-state index in [4.69, 9.17) is 0 Å². The highest BCUT2D eigenvalue weighted by Gasteiger charge is 2.35. The second-order valence-electron chi connectivity index (χ2n) is 3.38. The molecule has 0 spiro atoms. The second-order valence-corrected chi connectivity index (χ2v) is 4.26. The first-order chi connectivity index (χ1) is 8.02. The summed E-state index contributed by atoms with van der Waals surface area (Å²) in [6.45, 7) is 0. The molecule has 1 aromatic carbocycles. The molecule has 0 saturated carbocycles. The highest BCUT2D eigenvalue weighted by Crippen LogP contribution is 2.35. The lowest BCUT2D eigenvalue weighted by molar-refractivity contribution is -0.140. The molecule has 0 radical (unpaired) electrons. The quantitative estimate of drug-likeness (QED) is 0.829. The lowest BCUT2D eigenvalue weighted by atomic mass is 10.1. The summed E-state index contributed by atoms with van der Waals surface area (Å²) in [5.74, 6) is 0. The van der Waals surface area contributed by atoms with E-state index in [1.165, 1.54) is 18.0 Å². The van der Waals surface area contributed by atoms with E-state index < -0.39 is 11.9 Å². The zero-order valence-electron chi connectivity index (χ0n) is 8.88. The molecular weight excluding hydrogens is 249 g/mol. The zero-order chi connectivity index (χ0) is 12.5. The van der Waals surface area contributed by atoms with Crippen molar-refractivity contribution >= 4 is 11.8 Å². The maximum atomic E-state index is 12.6. The van der Waals surface area contributed by atoms with E-state index >= 15 is 0 Å². The van der Waals surface area contributed by atoms with Crippen LogP contribution in [-0.2, 0) is 6.18 Å². The van der Waals surface area contributed by atoms with Crippen molar-refractivity contribution in [3.05, 3.63) is 36.2 Å². The summed E-state index contributed by atoms with van der Waals surface area (Å²) in [5.41, 5.74) is -0.233. The fraction of sp³-hybridized carbons (Fsp3) is 0.182. The van der Waals surface area contributed by atoms with Gasteiger partial charge in [0.25, 0.3) is 0 Å². The van der Waals surface area contributed by atoms with E-state index in [9.17, 15) is 13.2 Å². The van der Waals surface area contributed by atoms with Crippen LogP contribution in [0.3, 0.4) is 0 Å². The average molecular weight is 258 g/mol. The number of thioether (sulfide) groups is 1. The summed E-state index contributed by atoms with van der Waals surface area (Å²) in [6, 6.07) is 6.89. The Bertz CT molecular complexity index is 502. The van der Waals surface area contributed by atoms with Crippen molar-refractivity contribution < 1.29 is 13.2 Å². The molecule has 2 rings (SSSR count). The number of halogens is 3. The largest absolute Gasteiger partial charge is 0.433 e. The number of aromatic nitrogens is 2. The molecule has 0 aliphatic heterocycles. The number of nitrogens with zero attached hydrogens (tertiary/aromatic N) is 1. The minimum absolute atomic E-state index is 0.0742. The molecule has 0 amide bonds. The van der Waals surface area contributed by atoms with Crippen molar-refractivity contribution in [2.24, 2.45) is 0 Å². The van der Waals surface area contributed by atoms with E-state index in [-0.39, 0.29) is 5.56 Å². The smallest absolute Gasteiger partial charge is 0.273 e. The van der Waals surface area contributed by atoms with Gasteiger partial charge in [0.05, 0.1) is 6.20 Å². The first-order valence-electron chi connectivity index (χ1n) is 4.77. The standard InChI is InChI=1S/C11H9F3N2S/c1-17-8-4-2-7(3-5-8)9-6-15-16-10(9)11(12,13)14/h2-6H,1H3,(H,15,16). The van der Waals surface area contributed by atoms with Gasteiger partial charge in [-0.15, -0.1) is 11.8 Å². The summed E-state index contributed by atoms with van der Waals surface area (Å²) in [4.78, 5) is 1.01. The van der Waals surface area contributed by atoms with Crippen molar-refractivity contribution in [3.63, 3.8) is 0 Å². The van der Waals surface area contributed by atoms with E-state index in [1.807, 2.05) is 11.4 Å². The molecule has 0 bridgehead atoms. The topological polar surface area (TPSA) is 28.7 Å². The van der Waals surface area contributed by atoms with Gasteiger partial charge in [0.15, 0.2) is 0 Å². The Morgan fingerprint density at radius 3 is 2.35 bits per heavy atom. The minimum atomic E-state index is -4.41. The number of benzene rings is 1. The summed E-state index contributed by atoms with van der Waals surface area (Å²) in [7, 11) is 0. The molecule has 0 unspecified atom stereocenters. The van der Waals surface area contributed by atoms with E-state index in [0.717, 1.165) is 4.90 Å². The van der Waals surface area contributed by atoms with Crippen molar-refractivity contribution in [2.75, 3.05) is 6.26 Å². The summed E-state index contributed by atoms with van der Waals surface area (Å²) >= 11 is 1.54. The van der Waals surface area contributed by atoms with Crippen LogP contribution >= 0.6 is 11.8 Å². The third kappa shape index (κ3) is 2.46. The number of rotatable bonds is 2. The Morgan fingerprint density at radius 1 is 1.18 bits per heavy atom. The Labute approximate surface area is 100 Å². The van der Waals surface area contributed by atoms with Gasteiger partial charge in [0.1, 0.15) is 5.69 Å². The number of nitrogens with one attached hydrogen (secondary N) is 1. The maximum Gasteiger partial charge on any atom is 0.433 e. The van der Waals surface area contributed by atoms with Crippen LogP contribution in [0.5, 0.6) is 0 Å². The molecule has 6 heteroatoms. The van der Waals surface area contributed by atoms with Crippen molar-refractivity contribution in [3.8, 4) is 11.1 Å². The fourth-order valence-corrected chi connectivity index (χ4v) is 1.90. The van der Waals surface area contributed by atoms with Crippen molar-refractivity contribution in [1.29, 1.82) is 0 Å². The second kappa shape index (κ2) is 4.44. The van der Waals surface area contributed by atoms with Gasteiger partial charge >= 0.3 is 6.18 Å². The first-order valence-corrected chi connectivity index (χ1v) is 6.00. The van der Waals surface area contributed by atoms with Gasteiger partial charge in [-0.2, -0.15) is 18.3 Å². The number of alkyl halides is 3. The molecular formula is C11H9F3N2S. The van der Waals surface area contributed by atoms with Gasteiger partial charge in [-0.05, 0) is 24.0 Å². The predicted octanol–water partition coefficient (Wildman–Crippen LogP) is 3.82. The van der Waals surface area contributed by atoms with Gasteiger partial charge in [0, 0.05) is 10.5 Å². The van der Waals surface area contributed by atoms with Gasteiger partial charge in [-0.3, -0.25) is 5.10 Å². The fourth-order valence-electron chi connectivity index (χ4n) is 1.49. The van der Waals surface area contributed by atoms with Crippen LogP contribution < -0.4 is 0 Å². The normalized spacial score (nSPS) is 11.8. The van der Waals surface area contributed by atoms with Gasteiger partial charge in [-0.25, -0.2) is 0 Å². The first kappa shape index (κ1) is 12.0. The summed E-state index contributed by atoms with van der Waals surface area (Å²) < 4.78 is 37.9. The summed E-state index contributed by atoms with van der Waals surface area (Å²) in [5, 5.41) is 5.45. The Hall–Kier alpha value is -1.43. The third-order valence-corrected chi connectivity index (χ3v) is 3.07. The van der Waals surface area contributed by atoms with Crippen LogP contribution in [0.1, 0.15) is 5.69 Å². The SMILES string of the molecule is CSc1ccc(-c2cn[nH]c2C(F)(F)F)cc1. The van der Waals surface area contributed by atoms with Crippen LogP contribution in [-0.4, -0.2) is 16.5 Å². The van der Waals surface area contributed by atoms with Crippen LogP contribution in [0.4, 0.5) is 13.2 Å². The Balaban J connectivity index is 2.43. The Kier molecular flexibility index (Phi) is 3.15. The van der Waals surface area contributed by atoms with Gasteiger partial charge in [-0.1, -0.05) is 12.1 Å². The molecule has 90 valence electrons. The average Bonchev–Trinajstić information content (AvgIpc) is 2.78. The molecule has 17 heavy (non-hydrogen) atoms. The highest BCUT2D eigenvalue weighted by molar-refractivity contribution is 7.98. The molecule has 1 N–H and O–H groups in total. The van der Waals surface area contributed by atoms with Gasteiger partial charge in [0.2, 0.25) is 0 Å². The van der Waals surface area contributed by atoms with Crippen LogP contribution in [0.25, 0.3) is 11.1 Å². The zero-order valence-corrected chi connectivity index (χ0v) is 9.69. The van der Waals surface area contributed by atoms with Crippen molar-refractivity contribution in [1.82, 2.24) is 10.2 Å². The number of hydrogen-bond donors (Lipinski definition) is 1. The van der Waals surface area contributed by atoms with E-state index in [1.54, 1.807) is 24.3 Å². The third-order valence-electron chi connectivity index (χ3n) is 2.32. The summed E-state index contributed by atoms with van der Waals surface area (Å²) in [6.07, 6.45) is -1.31. The number of aromatic amines is 1. The molecule has 0 aliphatic rings. The Morgan fingerprint density at radius 2 is 1.82 bits per heavy atom. The number of hydrogen-bond acceptors (Lipinski definition) is 2. The highest BCUT2D eigenvalue weighted by atomic mass is 32.2. The number of H-pyrrole nitrogens is 1. The molecule has 2 aromatic rings. The van der Waals surface area contributed by atoms with Crippen LogP contribution in [0.2, 0.25) is 0 Å². The van der Waals surface area contributed by atoms with Crippen LogP contribution in [0.15, 0.2) is 35.4 Å². The molecule has 2 nitrogen and oxygen atoms in total.